The summed E-state index contributed by atoms with van der Waals surface area (Å²) in [5, 5.41) is 22.8. The van der Waals surface area contributed by atoms with E-state index < -0.39 is 16.0 Å². The number of nitrogens with one attached hydrogen (secondary N) is 3. The van der Waals surface area contributed by atoms with E-state index in [1.807, 2.05) is 18.2 Å². The molecule has 2 aromatic rings. The first-order chi connectivity index (χ1) is 11.8. The fourth-order valence-corrected chi connectivity index (χ4v) is 2.33. The van der Waals surface area contributed by atoms with Crippen molar-refractivity contribution in [2.75, 3.05) is 10.7 Å². The molecule has 0 aliphatic rings. The van der Waals surface area contributed by atoms with E-state index in [-0.39, 0.29) is 16.3 Å². The molecule has 0 amide bonds. The minimum atomic E-state index is -4.42. The molecule has 0 bridgehead atoms. The highest BCUT2D eigenvalue weighted by Gasteiger charge is 2.13. The van der Waals surface area contributed by atoms with E-state index in [4.69, 9.17) is 16.4 Å². The average molecular weight is 358 g/mol. The van der Waals surface area contributed by atoms with Gasteiger partial charge in [0.05, 0.1) is 16.3 Å². The Kier molecular flexibility index (Phi) is 5.33. The number of nitrogens with zero attached hydrogens (tertiary/aromatic N) is 2. The summed E-state index contributed by atoms with van der Waals surface area (Å²) in [6, 6.07) is 14.4. The van der Waals surface area contributed by atoms with Crippen molar-refractivity contribution in [2.24, 2.45) is 10.8 Å². The van der Waals surface area contributed by atoms with E-state index in [0.29, 0.717) is 5.69 Å². The van der Waals surface area contributed by atoms with Crippen molar-refractivity contribution < 1.29 is 13.0 Å². The van der Waals surface area contributed by atoms with E-state index >= 15 is 0 Å². The summed E-state index contributed by atoms with van der Waals surface area (Å²) < 4.78 is 31.8. The van der Waals surface area contributed by atoms with Gasteiger partial charge in [0, 0.05) is 5.69 Å². The number of para-hydroxylation sites is 1. The van der Waals surface area contributed by atoms with Crippen LogP contribution < -0.4 is 16.5 Å². The molecule has 0 aliphatic heterocycles. The third-order valence-corrected chi connectivity index (χ3v) is 3.84. The third-order valence-electron chi connectivity index (χ3n) is 2.99. The summed E-state index contributed by atoms with van der Waals surface area (Å²) in [6.45, 7) is 0. The molecule has 0 aliphatic carbocycles. The highest BCUT2D eigenvalue weighted by Crippen LogP contribution is 2.28. The van der Waals surface area contributed by atoms with Crippen LogP contribution in [0.1, 0.15) is 0 Å². The Labute approximate surface area is 144 Å². The molecule has 0 heterocycles. The molecular weight excluding hydrogens is 344 g/mol. The number of anilines is 3. The van der Waals surface area contributed by atoms with Crippen LogP contribution in [0.5, 0.6) is 0 Å². The average Bonchev–Trinajstić information content (AvgIpc) is 2.56. The topological polar surface area (TPSA) is 164 Å². The van der Waals surface area contributed by atoms with Crippen LogP contribution in [0.25, 0.3) is 0 Å². The normalized spacial score (nSPS) is 11.4. The lowest BCUT2D eigenvalue weighted by atomic mass is 10.2. The molecule has 6 N–H and O–H groups in total. The van der Waals surface area contributed by atoms with Crippen LogP contribution in [-0.4, -0.2) is 24.5 Å². The predicted octanol–water partition coefficient (Wildman–Crippen LogP) is 1.90. The summed E-state index contributed by atoms with van der Waals surface area (Å²) in [5.41, 5.74) is 8.64. The summed E-state index contributed by atoms with van der Waals surface area (Å²) >= 11 is 0. The number of benzene rings is 2. The largest absolute Gasteiger partial charge is 0.382 e. The summed E-state index contributed by atoms with van der Waals surface area (Å²) in [4.78, 5) is -0.356. The zero-order valence-corrected chi connectivity index (χ0v) is 13.6. The van der Waals surface area contributed by atoms with Gasteiger partial charge in [-0.25, -0.2) is 0 Å². The highest BCUT2D eigenvalue weighted by molar-refractivity contribution is 7.85. The number of rotatable bonds is 6. The van der Waals surface area contributed by atoms with Gasteiger partial charge in [-0.1, -0.05) is 18.2 Å². The third kappa shape index (κ3) is 4.77. The molecule has 9 nitrogen and oxygen atoms in total. The number of nitrogens with two attached hydrogens (primary N) is 1. The number of hydrogen-bond acceptors (Lipinski definition) is 7. The Bertz CT molecular complexity index is 965. The lowest BCUT2D eigenvalue weighted by Gasteiger charge is -2.13. The second-order valence-electron chi connectivity index (χ2n) is 4.77. The summed E-state index contributed by atoms with van der Waals surface area (Å²) in [6.07, 6.45) is 0. The summed E-state index contributed by atoms with van der Waals surface area (Å²) in [7, 11) is -4.42. The van der Waals surface area contributed by atoms with Crippen molar-refractivity contribution in [2.45, 2.75) is 4.90 Å². The molecule has 0 atom stereocenters. The second-order valence-corrected chi connectivity index (χ2v) is 6.19. The quantitative estimate of drug-likeness (QED) is 0.228. The van der Waals surface area contributed by atoms with Gasteiger partial charge in [-0.3, -0.25) is 15.4 Å². The summed E-state index contributed by atoms with van der Waals surface area (Å²) in [5.74, 6) is -0.543. The van der Waals surface area contributed by atoms with Crippen molar-refractivity contribution >= 4 is 38.7 Å². The molecule has 25 heavy (non-hydrogen) atoms. The molecular formula is C15H14N6O3S. The molecule has 10 heteroatoms. The zero-order valence-electron chi connectivity index (χ0n) is 12.8. The van der Waals surface area contributed by atoms with Crippen LogP contribution >= 0.6 is 0 Å². The van der Waals surface area contributed by atoms with Gasteiger partial charge in [0.25, 0.3) is 10.1 Å². The SMILES string of the molecule is N#C/C(=N\Nc1cc(S(=O)(=O)O)ccc1Nc1ccccc1)C(=N)N. The van der Waals surface area contributed by atoms with Crippen LogP contribution in [0.4, 0.5) is 17.1 Å². The van der Waals surface area contributed by atoms with Gasteiger partial charge in [-0.2, -0.15) is 18.8 Å². The van der Waals surface area contributed by atoms with Crippen molar-refractivity contribution in [1.29, 1.82) is 10.7 Å². The number of hydrogen-bond donors (Lipinski definition) is 5. The van der Waals surface area contributed by atoms with E-state index in [1.54, 1.807) is 18.2 Å². The molecule has 0 unspecified atom stereocenters. The Morgan fingerprint density at radius 1 is 1.20 bits per heavy atom. The van der Waals surface area contributed by atoms with Crippen LogP contribution in [-0.2, 0) is 10.1 Å². The van der Waals surface area contributed by atoms with Gasteiger partial charge in [-0.15, -0.1) is 0 Å². The lowest BCUT2D eigenvalue weighted by Crippen LogP contribution is -2.22. The van der Waals surface area contributed by atoms with E-state index in [9.17, 15) is 13.0 Å². The first-order valence-corrected chi connectivity index (χ1v) is 8.27. The fourth-order valence-electron chi connectivity index (χ4n) is 1.82. The molecule has 128 valence electrons. The molecule has 2 aromatic carbocycles. The van der Waals surface area contributed by atoms with Gasteiger partial charge in [0.15, 0.2) is 5.84 Å². The van der Waals surface area contributed by atoms with Crippen LogP contribution in [0.15, 0.2) is 58.5 Å². The monoisotopic (exact) mass is 358 g/mol. The molecule has 0 saturated heterocycles. The molecule has 0 fully saturated rings. The van der Waals surface area contributed by atoms with Crippen molar-refractivity contribution in [1.82, 2.24) is 0 Å². The standard InChI is InChI=1S/C15H14N6O3S/c16-9-14(15(17)18)21-20-13-8-11(25(22,23)24)6-7-12(13)19-10-4-2-1-3-5-10/h1-8,19-20H,(H3,17,18)(H,22,23,24)/b21-14+. The van der Waals surface area contributed by atoms with Gasteiger partial charge < -0.3 is 11.1 Å². The predicted molar refractivity (Wildman–Crippen MR) is 94.6 cm³/mol. The maximum atomic E-state index is 11.3. The molecule has 0 aromatic heterocycles. The number of hydrazone groups is 1. The fraction of sp³-hybridized carbons (Fsp3) is 0. The Morgan fingerprint density at radius 2 is 1.88 bits per heavy atom. The van der Waals surface area contributed by atoms with E-state index in [0.717, 1.165) is 11.8 Å². The van der Waals surface area contributed by atoms with Gasteiger partial charge in [-0.05, 0) is 30.3 Å². The number of nitriles is 1. The maximum Gasteiger partial charge on any atom is 0.294 e. The minimum Gasteiger partial charge on any atom is -0.382 e. The van der Waals surface area contributed by atoms with Gasteiger partial charge in [0.2, 0.25) is 5.71 Å². The zero-order chi connectivity index (χ0) is 18.4. The first kappa shape index (κ1) is 17.9. The smallest absolute Gasteiger partial charge is 0.294 e. The van der Waals surface area contributed by atoms with Gasteiger partial charge >= 0.3 is 0 Å². The highest BCUT2D eigenvalue weighted by atomic mass is 32.2. The lowest BCUT2D eigenvalue weighted by molar-refractivity contribution is 0.483. The van der Waals surface area contributed by atoms with Crippen LogP contribution in [0.2, 0.25) is 0 Å². The minimum absolute atomic E-state index is 0.160. The Hall–Kier alpha value is -3.42. The van der Waals surface area contributed by atoms with Gasteiger partial charge in [0.1, 0.15) is 6.07 Å². The molecule has 0 spiro atoms. The molecule has 0 radical (unpaired) electrons. The second kappa shape index (κ2) is 7.43. The van der Waals surface area contributed by atoms with Crippen LogP contribution in [0, 0.1) is 16.7 Å². The Morgan fingerprint density at radius 3 is 2.44 bits per heavy atom. The van der Waals surface area contributed by atoms with E-state index in [1.165, 1.54) is 12.1 Å². The maximum absolute atomic E-state index is 11.3. The van der Waals surface area contributed by atoms with Crippen molar-refractivity contribution in [3.05, 3.63) is 48.5 Å². The molecule has 0 saturated carbocycles. The molecule has 2 rings (SSSR count). The first-order valence-electron chi connectivity index (χ1n) is 6.83. The van der Waals surface area contributed by atoms with Crippen LogP contribution in [0.3, 0.4) is 0 Å². The van der Waals surface area contributed by atoms with E-state index in [2.05, 4.69) is 15.8 Å². The van der Waals surface area contributed by atoms with Crippen molar-refractivity contribution in [3.8, 4) is 6.07 Å². The van der Waals surface area contributed by atoms with Crippen molar-refractivity contribution in [3.63, 3.8) is 0 Å². The number of amidine groups is 1. The Balaban J connectivity index is 2.45.